The van der Waals surface area contributed by atoms with Crippen LogP contribution in [0.25, 0.3) is 0 Å². The Hall–Kier alpha value is -2.20. The van der Waals surface area contributed by atoms with Gasteiger partial charge in [0.25, 0.3) is 0 Å². The smallest absolute Gasteiger partial charge is 0.133 e. The quantitative estimate of drug-likeness (QED) is 0.820. The molecule has 3 rings (SSSR count). The van der Waals surface area contributed by atoms with E-state index in [1.165, 1.54) is 0 Å². The van der Waals surface area contributed by atoms with E-state index in [1.807, 2.05) is 47.7 Å². The molecule has 2 aliphatic heterocycles. The van der Waals surface area contributed by atoms with Crippen LogP contribution in [0.1, 0.15) is 0 Å². The first-order valence-electron chi connectivity index (χ1n) is 6.10. The lowest BCUT2D eigenvalue weighted by atomic mass is 9.91. The van der Waals surface area contributed by atoms with E-state index in [9.17, 15) is 0 Å². The Bertz CT molecular complexity index is 591. The molecule has 2 N–H and O–H groups in total. The lowest BCUT2D eigenvalue weighted by Crippen LogP contribution is -2.26. The molecule has 4 heteroatoms. The fourth-order valence-electron chi connectivity index (χ4n) is 2.44. The van der Waals surface area contributed by atoms with Gasteiger partial charge in [-0.2, -0.15) is 0 Å². The highest BCUT2D eigenvalue weighted by Gasteiger charge is 2.27. The van der Waals surface area contributed by atoms with Crippen LogP contribution in [0.5, 0.6) is 0 Å². The highest BCUT2D eigenvalue weighted by molar-refractivity contribution is 5.61. The van der Waals surface area contributed by atoms with E-state index in [2.05, 4.69) is 0 Å². The number of nitrogens with zero attached hydrogens (tertiary/aromatic N) is 1. The molecule has 2 heterocycles. The molecule has 4 nitrogen and oxygen atoms in total. The van der Waals surface area contributed by atoms with E-state index in [-0.39, 0.29) is 6.10 Å². The first-order chi connectivity index (χ1) is 9.24. The molecule has 0 aromatic carbocycles. The van der Waals surface area contributed by atoms with E-state index in [1.54, 1.807) is 14.2 Å². The highest BCUT2D eigenvalue weighted by Crippen LogP contribution is 2.35. The summed E-state index contributed by atoms with van der Waals surface area (Å²) >= 11 is 0. The van der Waals surface area contributed by atoms with Gasteiger partial charge in [0.05, 0.1) is 18.5 Å². The number of hydrogen-bond acceptors (Lipinski definition) is 4. The zero-order chi connectivity index (χ0) is 13.4. The number of ether oxygens (including phenoxy) is 2. The van der Waals surface area contributed by atoms with Crippen LogP contribution in [0.4, 0.5) is 0 Å². The molecular weight excluding hydrogens is 240 g/mol. The Morgan fingerprint density at radius 3 is 2.84 bits per heavy atom. The minimum absolute atomic E-state index is 0.189. The largest absolute Gasteiger partial charge is 0.498 e. The van der Waals surface area contributed by atoms with Crippen molar-refractivity contribution < 1.29 is 9.47 Å². The maximum Gasteiger partial charge on any atom is 0.133 e. The maximum absolute atomic E-state index is 6.27. The van der Waals surface area contributed by atoms with Crippen molar-refractivity contribution in [2.24, 2.45) is 5.73 Å². The van der Waals surface area contributed by atoms with Crippen LogP contribution in [0.2, 0.25) is 0 Å². The van der Waals surface area contributed by atoms with Crippen LogP contribution >= 0.6 is 0 Å². The van der Waals surface area contributed by atoms with E-state index in [4.69, 9.17) is 15.2 Å². The monoisotopic (exact) mass is 256 g/mol. The second-order valence-electron chi connectivity index (χ2n) is 4.48. The van der Waals surface area contributed by atoms with E-state index < -0.39 is 0 Å². The third-order valence-corrected chi connectivity index (χ3v) is 3.43. The molecule has 1 aliphatic carbocycles. The standard InChI is InChI=1S/C15H16N2O2/c1-18-13-7-10-9-17-6-4-3-5-12(17)15(16)11(10)8-14(13)19-2/h3-9,14H,16H2,1-2H3. The van der Waals surface area contributed by atoms with E-state index in [0.717, 1.165) is 28.3 Å². The maximum atomic E-state index is 6.27. The first-order valence-corrected chi connectivity index (χ1v) is 6.10. The highest BCUT2D eigenvalue weighted by atomic mass is 16.5. The molecule has 98 valence electrons. The lowest BCUT2D eigenvalue weighted by molar-refractivity contribution is 0.108. The Kier molecular flexibility index (Phi) is 2.80. The summed E-state index contributed by atoms with van der Waals surface area (Å²) in [6.45, 7) is 0. The van der Waals surface area contributed by atoms with Crippen molar-refractivity contribution in [3.8, 4) is 0 Å². The number of methoxy groups -OCH3 is 2. The number of hydrogen-bond donors (Lipinski definition) is 1. The van der Waals surface area contributed by atoms with Gasteiger partial charge in [-0.3, -0.25) is 0 Å². The average Bonchev–Trinajstić information content (AvgIpc) is 2.46. The number of allylic oxidation sites excluding steroid dienone is 5. The van der Waals surface area contributed by atoms with Gasteiger partial charge in [0.15, 0.2) is 0 Å². The average molecular weight is 256 g/mol. The minimum atomic E-state index is -0.189. The molecule has 0 saturated carbocycles. The van der Waals surface area contributed by atoms with Gasteiger partial charge in [-0.15, -0.1) is 0 Å². The van der Waals surface area contributed by atoms with Crippen LogP contribution in [-0.2, 0) is 9.47 Å². The van der Waals surface area contributed by atoms with Crippen LogP contribution in [0.3, 0.4) is 0 Å². The predicted molar refractivity (Wildman–Crippen MR) is 73.4 cm³/mol. The summed E-state index contributed by atoms with van der Waals surface area (Å²) in [6.07, 6.45) is 13.8. The molecule has 0 spiro atoms. The second-order valence-corrected chi connectivity index (χ2v) is 4.48. The topological polar surface area (TPSA) is 47.7 Å². The van der Waals surface area contributed by atoms with Crippen molar-refractivity contribution in [3.05, 3.63) is 71.1 Å². The van der Waals surface area contributed by atoms with Gasteiger partial charge >= 0.3 is 0 Å². The fraction of sp³-hybridized carbons (Fsp3) is 0.200. The molecule has 0 radical (unpaired) electrons. The lowest BCUT2D eigenvalue weighted by Gasteiger charge is -2.32. The van der Waals surface area contributed by atoms with Crippen LogP contribution in [-0.4, -0.2) is 25.2 Å². The summed E-state index contributed by atoms with van der Waals surface area (Å²) in [5, 5.41) is 0. The Labute approximate surface area is 112 Å². The summed E-state index contributed by atoms with van der Waals surface area (Å²) in [7, 11) is 3.30. The molecule has 1 unspecified atom stereocenters. The number of rotatable bonds is 2. The normalized spacial score (nSPS) is 24.4. The SMILES string of the molecule is COC1=CC2=CN3C=CC=CC3=C(N)C2=CC1OC. The zero-order valence-electron chi connectivity index (χ0n) is 11.0. The third kappa shape index (κ3) is 1.81. The van der Waals surface area contributed by atoms with Gasteiger partial charge in [-0.1, -0.05) is 6.08 Å². The van der Waals surface area contributed by atoms with Crippen molar-refractivity contribution in [1.29, 1.82) is 0 Å². The molecule has 0 fully saturated rings. The van der Waals surface area contributed by atoms with E-state index >= 15 is 0 Å². The summed E-state index contributed by atoms with van der Waals surface area (Å²) < 4.78 is 10.8. The molecule has 0 saturated heterocycles. The molecule has 1 atom stereocenters. The number of fused-ring (bicyclic) bond motifs is 2. The van der Waals surface area contributed by atoms with Crippen molar-refractivity contribution in [3.63, 3.8) is 0 Å². The fourth-order valence-corrected chi connectivity index (χ4v) is 2.44. The number of nitrogens with two attached hydrogens (primary N) is 1. The summed E-state index contributed by atoms with van der Waals surface area (Å²) in [5.41, 5.74) is 10.0. The van der Waals surface area contributed by atoms with Gasteiger partial charge < -0.3 is 20.1 Å². The van der Waals surface area contributed by atoms with Crippen molar-refractivity contribution >= 4 is 0 Å². The Morgan fingerprint density at radius 1 is 1.26 bits per heavy atom. The molecule has 0 aromatic rings. The van der Waals surface area contributed by atoms with Crippen LogP contribution < -0.4 is 5.73 Å². The summed E-state index contributed by atoms with van der Waals surface area (Å²) in [5.74, 6) is 0.783. The van der Waals surface area contributed by atoms with Gasteiger partial charge in [0, 0.05) is 30.7 Å². The predicted octanol–water partition coefficient (Wildman–Crippen LogP) is 1.93. The summed E-state index contributed by atoms with van der Waals surface area (Å²) in [4.78, 5) is 2.01. The molecule has 0 bridgehead atoms. The van der Waals surface area contributed by atoms with Crippen molar-refractivity contribution in [2.75, 3.05) is 14.2 Å². The van der Waals surface area contributed by atoms with Crippen LogP contribution in [0, 0.1) is 0 Å². The molecule has 3 aliphatic rings. The summed E-state index contributed by atoms with van der Waals surface area (Å²) in [6, 6.07) is 0. The van der Waals surface area contributed by atoms with Crippen LogP contribution in [0.15, 0.2) is 71.1 Å². The second kappa shape index (κ2) is 4.48. The molecule has 0 aromatic heterocycles. The first kappa shape index (κ1) is 11.9. The Balaban J connectivity index is 2.09. The van der Waals surface area contributed by atoms with Gasteiger partial charge in [-0.25, -0.2) is 0 Å². The van der Waals surface area contributed by atoms with E-state index in [0.29, 0.717) is 0 Å². The van der Waals surface area contributed by atoms with Gasteiger partial charge in [0.2, 0.25) is 0 Å². The third-order valence-electron chi connectivity index (χ3n) is 3.43. The molecule has 0 amide bonds. The molecular formula is C15H16N2O2. The van der Waals surface area contributed by atoms with Crippen molar-refractivity contribution in [2.45, 2.75) is 6.10 Å². The van der Waals surface area contributed by atoms with Gasteiger partial charge in [0.1, 0.15) is 11.9 Å². The Morgan fingerprint density at radius 2 is 2.11 bits per heavy atom. The van der Waals surface area contributed by atoms with Crippen molar-refractivity contribution in [1.82, 2.24) is 4.90 Å². The molecule has 19 heavy (non-hydrogen) atoms. The zero-order valence-corrected chi connectivity index (χ0v) is 11.0. The minimum Gasteiger partial charge on any atom is -0.498 e. The van der Waals surface area contributed by atoms with Gasteiger partial charge in [-0.05, 0) is 24.3 Å².